The summed E-state index contributed by atoms with van der Waals surface area (Å²) in [5.74, 6) is 0.120. The Morgan fingerprint density at radius 1 is 1.42 bits per heavy atom. The van der Waals surface area contributed by atoms with E-state index in [0.717, 1.165) is 5.30 Å². The lowest BCUT2D eigenvalue weighted by atomic mass is 10.4. The van der Waals surface area contributed by atoms with Gasteiger partial charge in [0.25, 0.3) is 0 Å². The summed E-state index contributed by atoms with van der Waals surface area (Å²) in [5, 5.41) is 0.954. The summed E-state index contributed by atoms with van der Waals surface area (Å²) in [5.41, 5.74) is 0. The standard InChI is InChI=1S/C8H10FOPS/c1-11(10-6-12)8-4-2-7(9)3-5-8/h2-5,11-12H,1,6H2. The molecular formula is C8H10FOPS. The summed E-state index contributed by atoms with van der Waals surface area (Å²) < 4.78 is 17.7. The van der Waals surface area contributed by atoms with E-state index in [1.165, 1.54) is 12.1 Å². The van der Waals surface area contributed by atoms with Crippen molar-refractivity contribution in [3.05, 3.63) is 30.1 Å². The van der Waals surface area contributed by atoms with Crippen molar-refractivity contribution in [2.75, 3.05) is 5.94 Å². The van der Waals surface area contributed by atoms with E-state index in [-0.39, 0.29) is 5.82 Å². The van der Waals surface area contributed by atoms with E-state index in [1.807, 2.05) is 0 Å². The molecule has 0 N–H and O–H groups in total. The van der Waals surface area contributed by atoms with E-state index < -0.39 is 7.77 Å². The quantitative estimate of drug-likeness (QED) is 0.449. The van der Waals surface area contributed by atoms with E-state index in [1.54, 1.807) is 12.1 Å². The molecular weight excluding hydrogens is 194 g/mol. The minimum atomic E-state index is -1.23. The molecule has 1 unspecified atom stereocenters. The van der Waals surface area contributed by atoms with Crippen molar-refractivity contribution >= 4 is 32.0 Å². The van der Waals surface area contributed by atoms with Gasteiger partial charge in [-0.25, -0.2) is 4.39 Å². The van der Waals surface area contributed by atoms with Gasteiger partial charge in [-0.3, -0.25) is 0 Å². The molecule has 66 valence electrons. The van der Waals surface area contributed by atoms with Crippen molar-refractivity contribution in [1.29, 1.82) is 0 Å². The van der Waals surface area contributed by atoms with Gasteiger partial charge < -0.3 is 4.52 Å². The first-order valence-corrected chi connectivity index (χ1v) is 5.67. The van der Waals surface area contributed by atoms with Gasteiger partial charge in [-0.1, -0.05) is 6.30 Å². The summed E-state index contributed by atoms with van der Waals surface area (Å²) >= 11 is 3.92. The van der Waals surface area contributed by atoms with Gasteiger partial charge in [-0.2, -0.15) is 12.6 Å². The Morgan fingerprint density at radius 3 is 2.50 bits per heavy atom. The highest BCUT2D eigenvalue weighted by atomic mass is 32.1. The van der Waals surface area contributed by atoms with Crippen LogP contribution in [0.1, 0.15) is 0 Å². The fourth-order valence-corrected chi connectivity index (χ4v) is 2.13. The molecule has 1 aromatic rings. The van der Waals surface area contributed by atoms with Crippen molar-refractivity contribution in [2.45, 2.75) is 0 Å². The Bertz CT molecular complexity index is 273. The maximum absolute atomic E-state index is 12.5. The zero-order valence-corrected chi connectivity index (χ0v) is 8.35. The molecule has 4 heteroatoms. The van der Waals surface area contributed by atoms with E-state index in [9.17, 15) is 4.39 Å². The van der Waals surface area contributed by atoms with Crippen LogP contribution >= 0.6 is 20.4 Å². The van der Waals surface area contributed by atoms with Gasteiger partial charge in [0.15, 0.2) is 0 Å². The Balaban J connectivity index is 2.75. The van der Waals surface area contributed by atoms with E-state index >= 15 is 0 Å². The summed E-state index contributed by atoms with van der Waals surface area (Å²) in [7, 11) is -1.23. The van der Waals surface area contributed by atoms with Gasteiger partial charge in [0.2, 0.25) is 0 Å². The van der Waals surface area contributed by atoms with Crippen LogP contribution in [0.4, 0.5) is 4.39 Å². The molecule has 0 radical (unpaired) electrons. The molecule has 0 aromatic heterocycles. The number of benzene rings is 1. The van der Waals surface area contributed by atoms with Crippen molar-refractivity contribution in [1.82, 2.24) is 0 Å². The van der Waals surface area contributed by atoms with Gasteiger partial charge in [0, 0.05) is 7.77 Å². The first kappa shape index (κ1) is 9.85. The van der Waals surface area contributed by atoms with Crippen LogP contribution in [0.25, 0.3) is 0 Å². The van der Waals surface area contributed by atoms with Gasteiger partial charge in [0.05, 0.1) is 5.94 Å². The zero-order chi connectivity index (χ0) is 8.97. The fraction of sp³-hybridized carbons (Fsp3) is 0.125. The molecule has 0 heterocycles. The average molecular weight is 204 g/mol. The van der Waals surface area contributed by atoms with Gasteiger partial charge >= 0.3 is 0 Å². The van der Waals surface area contributed by atoms with E-state index in [0.29, 0.717) is 5.94 Å². The highest BCUT2D eigenvalue weighted by Crippen LogP contribution is 2.20. The number of halogens is 1. The van der Waals surface area contributed by atoms with Crippen molar-refractivity contribution < 1.29 is 8.91 Å². The lowest BCUT2D eigenvalue weighted by Crippen LogP contribution is -1.97. The number of hydrogen-bond acceptors (Lipinski definition) is 2. The topological polar surface area (TPSA) is 9.23 Å². The van der Waals surface area contributed by atoms with Crippen LogP contribution in [0.3, 0.4) is 0 Å². The SMILES string of the molecule is C=[PH](OCS)c1ccc(F)cc1. The van der Waals surface area contributed by atoms with Crippen molar-refractivity contribution in [3.63, 3.8) is 0 Å². The molecule has 0 bridgehead atoms. The first-order valence-electron chi connectivity index (χ1n) is 3.42. The smallest absolute Gasteiger partial charge is 0.123 e. The molecule has 0 saturated heterocycles. The largest absolute Gasteiger partial charge is 0.350 e. The third kappa shape index (κ3) is 2.67. The molecule has 0 aliphatic carbocycles. The highest BCUT2D eigenvalue weighted by Gasteiger charge is 1.96. The van der Waals surface area contributed by atoms with Crippen LogP contribution in [-0.4, -0.2) is 12.2 Å². The van der Waals surface area contributed by atoms with Crippen molar-refractivity contribution in [3.8, 4) is 0 Å². The molecule has 0 aliphatic heterocycles. The minimum absolute atomic E-state index is 0.237. The van der Waals surface area contributed by atoms with Gasteiger partial charge in [-0.05, 0) is 29.6 Å². The van der Waals surface area contributed by atoms with E-state index in [2.05, 4.69) is 18.9 Å². The lowest BCUT2D eigenvalue weighted by Gasteiger charge is -2.05. The zero-order valence-electron chi connectivity index (χ0n) is 6.46. The molecule has 0 amide bonds. The second-order valence-corrected chi connectivity index (χ2v) is 4.17. The number of rotatable bonds is 3. The number of hydrogen-bond donors (Lipinski definition) is 1. The monoisotopic (exact) mass is 204 g/mol. The minimum Gasteiger partial charge on any atom is -0.350 e. The molecule has 1 rings (SSSR count). The third-order valence-electron chi connectivity index (χ3n) is 1.40. The molecule has 0 spiro atoms. The molecule has 0 aliphatic rings. The van der Waals surface area contributed by atoms with Crippen LogP contribution in [0.15, 0.2) is 24.3 Å². The number of thiol groups is 1. The predicted molar refractivity (Wildman–Crippen MR) is 56.4 cm³/mol. The molecule has 1 aromatic carbocycles. The van der Waals surface area contributed by atoms with Crippen LogP contribution in [0.5, 0.6) is 0 Å². The van der Waals surface area contributed by atoms with Crippen molar-refractivity contribution in [2.24, 2.45) is 0 Å². The third-order valence-corrected chi connectivity index (χ3v) is 3.25. The van der Waals surface area contributed by atoms with E-state index in [4.69, 9.17) is 4.52 Å². The normalized spacial score (nSPS) is 12.8. The Kier molecular flexibility index (Phi) is 3.86. The summed E-state index contributed by atoms with van der Waals surface area (Å²) in [4.78, 5) is 0. The second kappa shape index (κ2) is 4.70. The maximum atomic E-state index is 12.5. The molecule has 12 heavy (non-hydrogen) atoms. The predicted octanol–water partition coefficient (Wildman–Crippen LogP) is 1.92. The Morgan fingerprint density at radius 2 is 2.00 bits per heavy atom. The fourth-order valence-electron chi connectivity index (χ4n) is 0.797. The summed E-state index contributed by atoms with van der Waals surface area (Å²) in [6, 6.07) is 6.21. The highest BCUT2D eigenvalue weighted by molar-refractivity contribution is 7.80. The Hall–Kier alpha value is -0.240. The van der Waals surface area contributed by atoms with Gasteiger partial charge in [-0.15, -0.1) is 0 Å². The lowest BCUT2D eigenvalue weighted by molar-refractivity contribution is 0.456. The van der Waals surface area contributed by atoms with Crippen LogP contribution in [0, 0.1) is 5.82 Å². The van der Waals surface area contributed by atoms with Crippen LogP contribution in [0.2, 0.25) is 0 Å². The molecule has 1 atom stereocenters. The maximum Gasteiger partial charge on any atom is 0.123 e. The summed E-state index contributed by atoms with van der Waals surface area (Å²) in [6.45, 7) is 0. The first-order chi connectivity index (χ1) is 5.74. The molecule has 1 nitrogen and oxygen atoms in total. The average Bonchev–Trinajstić information content (AvgIpc) is 2.06. The van der Waals surface area contributed by atoms with Crippen LogP contribution < -0.4 is 5.30 Å². The molecule has 0 saturated carbocycles. The Labute approximate surface area is 77.4 Å². The molecule has 0 fully saturated rings. The second-order valence-electron chi connectivity index (χ2n) is 2.20. The van der Waals surface area contributed by atoms with Crippen LogP contribution in [-0.2, 0) is 4.52 Å². The van der Waals surface area contributed by atoms with Gasteiger partial charge in [0.1, 0.15) is 5.82 Å². The summed E-state index contributed by atoms with van der Waals surface area (Å²) in [6.07, 6.45) is 3.84.